The van der Waals surface area contributed by atoms with Crippen LogP contribution in [-0.2, 0) is 9.53 Å². The molecule has 2 rings (SSSR count). The molecule has 1 atom stereocenters. The van der Waals surface area contributed by atoms with Crippen molar-refractivity contribution in [3.63, 3.8) is 0 Å². The fraction of sp³-hybridized carbons (Fsp3) is 0.846. The lowest BCUT2D eigenvalue weighted by Gasteiger charge is -2.32. The van der Waals surface area contributed by atoms with E-state index in [1.807, 2.05) is 0 Å². The van der Waals surface area contributed by atoms with Gasteiger partial charge in [0.25, 0.3) is 0 Å². The maximum absolute atomic E-state index is 12.0. The largest absolute Gasteiger partial charge is 0.480 e. The van der Waals surface area contributed by atoms with Crippen molar-refractivity contribution in [2.45, 2.75) is 31.7 Å². The monoisotopic (exact) mass is 270 g/mol. The number of piperidine rings is 1. The molecule has 1 aliphatic carbocycles. The lowest BCUT2D eigenvalue weighted by Crippen LogP contribution is -2.51. The number of carbonyl (C=O) groups is 2. The molecule has 1 heterocycles. The van der Waals surface area contributed by atoms with E-state index >= 15 is 0 Å². The third-order valence-corrected chi connectivity index (χ3v) is 3.94. The zero-order valence-electron chi connectivity index (χ0n) is 11.3. The van der Waals surface area contributed by atoms with Gasteiger partial charge < -0.3 is 20.1 Å². The highest BCUT2D eigenvalue weighted by Crippen LogP contribution is 2.32. The molecule has 6 heteroatoms. The van der Waals surface area contributed by atoms with Gasteiger partial charge in [0, 0.05) is 26.8 Å². The first-order valence-electron chi connectivity index (χ1n) is 6.89. The Morgan fingerprint density at radius 1 is 1.32 bits per heavy atom. The van der Waals surface area contributed by atoms with E-state index in [2.05, 4.69) is 5.32 Å². The molecule has 1 aliphatic heterocycles. The lowest BCUT2D eigenvalue weighted by molar-refractivity contribution is -0.139. The van der Waals surface area contributed by atoms with Gasteiger partial charge in [-0.05, 0) is 37.5 Å². The molecule has 1 unspecified atom stereocenters. The van der Waals surface area contributed by atoms with Crippen molar-refractivity contribution in [3.05, 3.63) is 0 Å². The van der Waals surface area contributed by atoms with Crippen molar-refractivity contribution in [2.24, 2.45) is 11.8 Å². The highest BCUT2D eigenvalue weighted by Gasteiger charge is 2.38. The van der Waals surface area contributed by atoms with Crippen LogP contribution in [0.15, 0.2) is 0 Å². The number of hydrogen-bond donors (Lipinski definition) is 2. The van der Waals surface area contributed by atoms with E-state index in [-0.39, 0.29) is 11.9 Å². The summed E-state index contributed by atoms with van der Waals surface area (Å²) in [4.78, 5) is 24.8. The normalized spacial score (nSPS) is 22.1. The number of carbonyl (C=O) groups excluding carboxylic acids is 1. The van der Waals surface area contributed by atoms with Crippen LogP contribution < -0.4 is 5.32 Å². The summed E-state index contributed by atoms with van der Waals surface area (Å²) in [5, 5.41) is 11.7. The number of urea groups is 1. The Balaban J connectivity index is 1.79. The van der Waals surface area contributed by atoms with Crippen LogP contribution in [0.4, 0.5) is 4.79 Å². The van der Waals surface area contributed by atoms with Gasteiger partial charge in [-0.1, -0.05) is 0 Å². The minimum atomic E-state index is -0.926. The first kappa shape index (κ1) is 14.1. The molecular formula is C13H22N2O4. The molecule has 2 aliphatic rings. The second-order valence-electron chi connectivity index (χ2n) is 5.49. The zero-order chi connectivity index (χ0) is 13.8. The van der Waals surface area contributed by atoms with E-state index in [0.717, 1.165) is 32.3 Å². The van der Waals surface area contributed by atoms with Crippen molar-refractivity contribution in [1.29, 1.82) is 0 Å². The van der Waals surface area contributed by atoms with Gasteiger partial charge in [0.2, 0.25) is 0 Å². The SMILES string of the molecule is COCC1CCN(C(=O)NC(C(=O)O)C2CC2)CC1. The Bertz CT molecular complexity index is 336. The van der Waals surface area contributed by atoms with Crippen molar-refractivity contribution in [3.8, 4) is 0 Å². The van der Waals surface area contributed by atoms with Crippen molar-refractivity contribution >= 4 is 12.0 Å². The van der Waals surface area contributed by atoms with Crippen LogP contribution in [0.5, 0.6) is 0 Å². The molecule has 0 aromatic heterocycles. The van der Waals surface area contributed by atoms with Gasteiger partial charge in [0.1, 0.15) is 6.04 Å². The zero-order valence-corrected chi connectivity index (χ0v) is 11.3. The van der Waals surface area contributed by atoms with Crippen LogP contribution in [0.3, 0.4) is 0 Å². The number of likely N-dealkylation sites (tertiary alicyclic amines) is 1. The summed E-state index contributed by atoms with van der Waals surface area (Å²) in [5.74, 6) is -0.301. The summed E-state index contributed by atoms with van der Waals surface area (Å²) in [6.45, 7) is 2.09. The Hall–Kier alpha value is -1.30. The number of nitrogens with one attached hydrogen (secondary N) is 1. The Morgan fingerprint density at radius 3 is 2.42 bits per heavy atom. The number of amides is 2. The van der Waals surface area contributed by atoms with Crippen LogP contribution in [-0.4, -0.2) is 54.9 Å². The predicted octanol–water partition coefficient (Wildman–Crippen LogP) is 0.918. The Morgan fingerprint density at radius 2 is 1.95 bits per heavy atom. The molecule has 0 spiro atoms. The number of hydrogen-bond acceptors (Lipinski definition) is 3. The molecular weight excluding hydrogens is 248 g/mol. The summed E-state index contributed by atoms with van der Waals surface area (Å²) in [7, 11) is 1.69. The van der Waals surface area contributed by atoms with Gasteiger partial charge in [-0.25, -0.2) is 9.59 Å². The van der Waals surface area contributed by atoms with Gasteiger partial charge >= 0.3 is 12.0 Å². The molecule has 0 aromatic carbocycles. The minimum absolute atomic E-state index is 0.118. The second-order valence-corrected chi connectivity index (χ2v) is 5.49. The minimum Gasteiger partial charge on any atom is -0.480 e. The Labute approximate surface area is 113 Å². The molecule has 2 amide bonds. The third kappa shape index (κ3) is 3.83. The van der Waals surface area contributed by atoms with Crippen LogP contribution in [0.2, 0.25) is 0 Å². The highest BCUT2D eigenvalue weighted by molar-refractivity contribution is 5.83. The number of ether oxygens (including phenoxy) is 1. The number of carboxylic acid groups (broad SMARTS) is 1. The number of carboxylic acids is 1. The smallest absolute Gasteiger partial charge is 0.326 e. The summed E-state index contributed by atoms with van der Waals surface area (Å²) < 4.78 is 5.12. The molecule has 0 radical (unpaired) electrons. The van der Waals surface area contributed by atoms with Gasteiger partial charge in [0.15, 0.2) is 0 Å². The fourth-order valence-corrected chi connectivity index (χ4v) is 2.57. The summed E-state index contributed by atoms with van der Waals surface area (Å²) in [6.07, 6.45) is 3.63. The number of rotatable bonds is 5. The van der Waals surface area contributed by atoms with E-state index < -0.39 is 12.0 Å². The summed E-state index contributed by atoms with van der Waals surface area (Å²) >= 11 is 0. The van der Waals surface area contributed by atoms with Gasteiger partial charge in [-0.3, -0.25) is 0 Å². The van der Waals surface area contributed by atoms with Gasteiger partial charge in [-0.15, -0.1) is 0 Å². The molecule has 6 nitrogen and oxygen atoms in total. The summed E-state index contributed by atoms with van der Waals surface area (Å²) in [6, 6.07) is -0.959. The van der Waals surface area contributed by atoms with E-state index in [0.29, 0.717) is 19.0 Å². The van der Waals surface area contributed by atoms with Crippen LogP contribution in [0.25, 0.3) is 0 Å². The predicted molar refractivity (Wildman–Crippen MR) is 68.9 cm³/mol. The van der Waals surface area contributed by atoms with E-state index in [1.165, 1.54) is 0 Å². The molecule has 0 bridgehead atoms. The first-order valence-corrected chi connectivity index (χ1v) is 6.89. The van der Waals surface area contributed by atoms with Crippen LogP contribution in [0, 0.1) is 11.8 Å². The van der Waals surface area contributed by atoms with Crippen LogP contribution in [0.1, 0.15) is 25.7 Å². The Kier molecular flexibility index (Phi) is 4.63. The number of nitrogens with zero attached hydrogens (tertiary/aromatic N) is 1. The first-order chi connectivity index (χ1) is 9.11. The van der Waals surface area contributed by atoms with Crippen LogP contribution >= 0.6 is 0 Å². The maximum Gasteiger partial charge on any atom is 0.326 e. The standard InChI is InChI=1S/C13H22N2O4/c1-19-8-9-4-6-15(7-5-9)13(18)14-11(12(16)17)10-2-3-10/h9-11H,2-8H2,1H3,(H,14,18)(H,16,17). The maximum atomic E-state index is 12.0. The van der Waals surface area contributed by atoms with Crippen molar-refractivity contribution < 1.29 is 19.4 Å². The fourth-order valence-electron chi connectivity index (χ4n) is 2.57. The van der Waals surface area contributed by atoms with E-state index in [4.69, 9.17) is 9.84 Å². The third-order valence-electron chi connectivity index (χ3n) is 3.94. The number of methoxy groups -OCH3 is 1. The highest BCUT2D eigenvalue weighted by atomic mass is 16.5. The van der Waals surface area contributed by atoms with Crippen molar-refractivity contribution in [2.75, 3.05) is 26.8 Å². The topological polar surface area (TPSA) is 78.9 Å². The molecule has 108 valence electrons. The molecule has 0 aromatic rings. The molecule has 19 heavy (non-hydrogen) atoms. The molecule has 2 N–H and O–H groups in total. The van der Waals surface area contributed by atoms with Crippen molar-refractivity contribution in [1.82, 2.24) is 10.2 Å². The quantitative estimate of drug-likeness (QED) is 0.778. The molecule has 2 fully saturated rings. The van der Waals surface area contributed by atoms with E-state index in [1.54, 1.807) is 12.0 Å². The molecule has 1 saturated heterocycles. The average molecular weight is 270 g/mol. The lowest BCUT2D eigenvalue weighted by atomic mass is 9.98. The van der Waals surface area contributed by atoms with E-state index in [9.17, 15) is 9.59 Å². The summed E-state index contributed by atoms with van der Waals surface area (Å²) in [5.41, 5.74) is 0. The van der Waals surface area contributed by atoms with Gasteiger partial charge in [-0.2, -0.15) is 0 Å². The molecule has 1 saturated carbocycles. The second kappa shape index (κ2) is 6.23. The van der Waals surface area contributed by atoms with Gasteiger partial charge in [0.05, 0.1) is 0 Å². The number of aliphatic carboxylic acids is 1. The average Bonchev–Trinajstić information content (AvgIpc) is 3.21.